The van der Waals surface area contributed by atoms with Crippen molar-refractivity contribution in [1.82, 2.24) is 10.3 Å². The molecule has 3 N–H and O–H groups in total. The number of amides is 1. The summed E-state index contributed by atoms with van der Waals surface area (Å²) < 4.78 is 27.1. The van der Waals surface area contributed by atoms with E-state index in [-0.39, 0.29) is 24.1 Å². The Labute approximate surface area is 117 Å². The minimum atomic E-state index is -0.795. The molecule has 0 spiro atoms. The molecule has 0 saturated heterocycles. The first-order valence-corrected chi connectivity index (χ1v) is 6.37. The molecule has 0 aliphatic heterocycles. The van der Waals surface area contributed by atoms with E-state index in [9.17, 15) is 13.6 Å². The van der Waals surface area contributed by atoms with Crippen LogP contribution in [-0.2, 0) is 4.79 Å². The average molecular weight is 286 g/mol. The first-order chi connectivity index (χ1) is 9.31. The van der Waals surface area contributed by atoms with Crippen molar-refractivity contribution in [2.75, 3.05) is 30.8 Å². The number of carbonyl (C=O) groups excluding carboxylic acids is 1. The van der Waals surface area contributed by atoms with Crippen molar-refractivity contribution < 1.29 is 13.6 Å². The van der Waals surface area contributed by atoms with Crippen LogP contribution in [0.3, 0.4) is 0 Å². The predicted octanol–water partition coefficient (Wildman–Crippen LogP) is 1.98. The largest absolute Gasteiger partial charge is 0.368 e. The molecule has 0 fully saturated rings. The summed E-state index contributed by atoms with van der Waals surface area (Å²) in [4.78, 5) is 15.5. The molecule has 5 nitrogen and oxygen atoms in total. The highest BCUT2D eigenvalue weighted by Gasteiger charge is 2.27. The molecule has 20 heavy (non-hydrogen) atoms. The van der Waals surface area contributed by atoms with E-state index in [0.29, 0.717) is 6.54 Å². The zero-order valence-electron chi connectivity index (χ0n) is 12.1. The summed E-state index contributed by atoms with van der Waals surface area (Å²) in [5.41, 5.74) is -0.740. The normalized spacial score (nSPS) is 11.1. The predicted molar refractivity (Wildman–Crippen MR) is 74.7 cm³/mol. The van der Waals surface area contributed by atoms with Crippen LogP contribution in [0.5, 0.6) is 0 Å². The van der Waals surface area contributed by atoms with Crippen LogP contribution in [0.1, 0.15) is 20.8 Å². The van der Waals surface area contributed by atoms with Crippen LogP contribution >= 0.6 is 0 Å². The highest BCUT2D eigenvalue weighted by molar-refractivity contribution is 5.82. The molecule has 0 unspecified atom stereocenters. The number of rotatable bonds is 6. The fourth-order valence-corrected chi connectivity index (χ4v) is 1.61. The van der Waals surface area contributed by atoms with Crippen molar-refractivity contribution in [1.29, 1.82) is 0 Å². The van der Waals surface area contributed by atoms with Crippen molar-refractivity contribution in [3.63, 3.8) is 0 Å². The lowest BCUT2D eigenvalue weighted by Gasteiger charge is -2.23. The zero-order chi connectivity index (χ0) is 15.3. The molecule has 7 heteroatoms. The molecule has 1 aromatic rings. The van der Waals surface area contributed by atoms with Gasteiger partial charge < -0.3 is 16.0 Å². The Bertz CT molecular complexity index is 492. The molecule has 1 aromatic heterocycles. The maximum Gasteiger partial charge on any atom is 0.227 e. The summed E-state index contributed by atoms with van der Waals surface area (Å²) in [6, 6.07) is 0.764. The summed E-state index contributed by atoms with van der Waals surface area (Å²) in [6.07, 6.45) is 0. The number of hydrogen-bond donors (Lipinski definition) is 3. The highest BCUT2D eigenvalue weighted by atomic mass is 19.1. The second kappa shape index (κ2) is 6.49. The van der Waals surface area contributed by atoms with E-state index >= 15 is 0 Å². The summed E-state index contributed by atoms with van der Waals surface area (Å²) in [5.74, 6) is -1.83. The second-order valence-electron chi connectivity index (χ2n) is 5.00. The third-order valence-electron chi connectivity index (χ3n) is 2.81. The van der Waals surface area contributed by atoms with E-state index in [1.807, 2.05) is 0 Å². The van der Waals surface area contributed by atoms with Crippen LogP contribution in [0.15, 0.2) is 6.07 Å². The van der Waals surface area contributed by atoms with Crippen LogP contribution in [0.4, 0.5) is 20.4 Å². The van der Waals surface area contributed by atoms with Gasteiger partial charge in [-0.2, -0.15) is 0 Å². The van der Waals surface area contributed by atoms with Gasteiger partial charge in [0, 0.05) is 26.2 Å². The number of nitrogens with one attached hydrogen (secondary N) is 3. The lowest BCUT2D eigenvalue weighted by molar-refractivity contribution is -0.128. The average Bonchev–Trinajstić information content (AvgIpc) is 2.39. The van der Waals surface area contributed by atoms with Crippen LogP contribution in [-0.4, -0.2) is 31.0 Å². The van der Waals surface area contributed by atoms with Crippen molar-refractivity contribution in [3.8, 4) is 0 Å². The molecule has 0 saturated carbocycles. The molecule has 1 amide bonds. The van der Waals surface area contributed by atoms with E-state index in [1.165, 1.54) is 7.05 Å². The fourth-order valence-electron chi connectivity index (χ4n) is 1.61. The van der Waals surface area contributed by atoms with Crippen LogP contribution in [0.2, 0.25) is 0 Å². The lowest BCUT2D eigenvalue weighted by Crippen LogP contribution is -2.39. The number of carbonyl (C=O) groups is 1. The maximum absolute atomic E-state index is 13.6. The summed E-state index contributed by atoms with van der Waals surface area (Å²) in [6.45, 7) is 5.86. The van der Waals surface area contributed by atoms with Gasteiger partial charge in [-0.15, -0.1) is 0 Å². The van der Waals surface area contributed by atoms with Gasteiger partial charge in [-0.25, -0.2) is 13.8 Å². The summed E-state index contributed by atoms with van der Waals surface area (Å²) in [5, 5.41) is 7.97. The fraction of sp³-hybridized carbons (Fsp3) is 0.538. The van der Waals surface area contributed by atoms with Crippen LogP contribution in [0.25, 0.3) is 0 Å². The number of hydrogen-bond acceptors (Lipinski definition) is 4. The van der Waals surface area contributed by atoms with Gasteiger partial charge in [-0.05, 0) is 20.8 Å². The molecular weight excluding hydrogens is 266 g/mol. The topological polar surface area (TPSA) is 66.0 Å². The smallest absolute Gasteiger partial charge is 0.227 e. The minimum Gasteiger partial charge on any atom is -0.368 e. The van der Waals surface area contributed by atoms with Gasteiger partial charge in [0.15, 0.2) is 23.3 Å². The molecule has 0 aromatic carbocycles. The molecule has 1 heterocycles. The van der Waals surface area contributed by atoms with Gasteiger partial charge in [0.2, 0.25) is 5.91 Å². The van der Waals surface area contributed by atoms with E-state index in [0.717, 1.165) is 6.07 Å². The van der Waals surface area contributed by atoms with E-state index in [2.05, 4.69) is 20.9 Å². The number of anilines is 2. The first-order valence-electron chi connectivity index (χ1n) is 6.37. The van der Waals surface area contributed by atoms with E-state index < -0.39 is 17.0 Å². The van der Waals surface area contributed by atoms with Crippen LogP contribution < -0.4 is 16.0 Å². The van der Waals surface area contributed by atoms with E-state index in [4.69, 9.17) is 0 Å². The van der Waals surface area contributed by atoms with Gasteiger partial charge in [-0.1, -0.05) is 0 Å². The highest BCUT2D eigenvalue weighted by Crippen LogP contribution is 2.21. The number of halogens is 2. The Hall–Kier alpha value is -1.92. The third-order valence-corrected chi connectivity index (χ3v) is 2.81. The van der Waals surface area contributed by atoms with Crippen molar-refractivity contribution >= 4 is 17.5 Å². The standard InChI is InChI=1S/C13H20F2N4O/c1-5-17-10-8(14)6-9(15)11(19-10)18-7-13(2,3)12(20)16-4/h6H,5,7H2,1-4H3,(H,16,20)(H2,17,18,19). The van der Waals surface area contributed by atoms with Crippen molar-refractivity contribution in [3.05, 3.63) is 17.7 Å². The molecule has 1 rings (SSSR count). The zero-order valence-corrected chi connectivity index (χ0v) is 12.1. The Morgan fingerprint density at radius 3 is 2.30 bits per heavy atom. The molecule has 0 bridgehead atoms. The van der Waals surface area contributed by atoms with Gasteiger partial charge >= 0.3 is 0 Å². The number of nitrogens with zero attached hydrogens (tertiary/aromatic N) is 1. The van der Waals surface area contributed by atoms with Gasteiger partial charge in [0.05, 0.1) is 5.41 Å². The molecule has 0 aliphatic carbocycles. The molecular formula is C13H20F2N4O. The molecule has 112 valence electrons. The van der Waals surface area contributed by atoms with Crippen molar-refractivity contribution in [2.24, 2.45) is 5.41 Å². The second-order valence-corrected chi connectivity index (χ2v) is 5.00. The Balaban J connectivity index is 2.87. The quantitative estimate of drug-likeness (QED) is 0.748. The van der Waals surface area contributed by atoms with E-state index in [1.54, 1.807) is 20.8 Å². The summed E-state index contributed by atoms with van der Waals surface area (Å²) >= 11 is 0. The van der Waals surface area contributed by atoms with Crippen molar-refractivity contribution in [2.45, 2.75) is 20.8 Å². The summed E-state index contributed by atoms with van der Waals surface area (Å²) in [7, 11) is 1.53. The Morgan fingerprint density at radius 1 is 1.25 bits per heavy atom. The van der Waals surface area contributed by atoms with Gasteiger partial charge in [-0.3, -0.25) is 4.79 Å². The minimum absolute atomic E-state index is 0.0193. The Morgan fingerprint density at radius 2 is 1.80 bits per heavy atom. The molecule has 0 radical (unpaired) electrons. The molecule has 0 aliphatic rings. The van der Waals surface area contributed by atoms with Gasteiger partial charge in [0.25, 0.3) is 0 Å². The SMILES string of the molecule is CCNc1nc(NCC(C)(C)C(=O)NC)c(F)cc1F. The van der Waals surface area contributed by atoms with Crippen LogP contribution in [0, 0.1) is 17.0 Å². The molecule has 0 atom stereocenters. The maximum atomic E-state index is 13.6. The third kappa shape index (κ3) is 3.79. The van der Waals surface area contributed by atoms with Gasteiger partial charge in [0.1, 0.15) is 0 Å². The first kappa shape index (κ1) is 16.1. The monoisotopic (exact) mass is 286 g/mol. The number of aromatic nitrogens is 1. The lowest BCUT2D eigenvalue weighted by atomic mass is 9.92. The number of pyridine rings is 1. The Kier molecular flexibility index (Phi) is 5.24.